The smallest absolute Gasteiger partial charge is 0.295 e. The molecular formula is C15H15N3O3. The average molecular weight is 285 g/mol. The molecule has 1 saturated heterocycles. The summed E-state index contributed by atoms with van der Waals surface area (Å²) in [6, 6.07) is 12.5. The van der Waals surface area contributed by atoms with Gasteiger partial charge in [-0.15, -0.1) is 0 Å². The maximum Gasteiger partial charge on any atom is 0.295 e. The second-order valence-corrected chi connectivity index (χ2v) is 4.76. The highest BCUT2D eigenvalue weighted by Crippen LogP contribution is 2.30. The third-order valence-corrected chi connectivity index (χ3v) is 3.44. The third kappa shape index (κ3) is 2.85. The summed E-state index contributed by atoms with van der Waals surface area (Å²) in [6.45, 7) is 2.80. The fourth-order valence-corrected chi connectivity index (χ4v) is 2.37. The Morgan fingerprint density at radius 2 is 1.81 bits per heavy atom. The molecule has 2 aromatic rings. The van der Waals surface area contributed by atoms with Crippen molar-refractivity contribution in [3.05, 3.63) is 52.6 Å². The number of morpholine rings is 1. The van der Waals surface area contributed by atoms with Crippen LogP contribution in [0, 0.1) is 10.1 Å². The van der Waals surface area contributed by atoms with Gasteiger partial charge in [-0.25, -0.2) is 4.98 Å². The van der Waals surface area contributed by atoms with Crippen LogP contribution < -0.4 is 4.90 Å². The number of nitrogens with zero attached hydrogens (tertiary/aromatic N) is 3. The number of benzene rings is 1. The summed E-state index contributed by atoms with van der Waals surface area (Å²) in [5, 5.41) is 11.2. The van der Waals surface area contributed by atoms with Gasteiger partial charge in [0.2, 0.25) is 0 Å². The lowest BCUT2D eigenvalue weighted by molar-refractivity contribution is -0.384. The van der Waals surface area contributed by atoms with E-state index in [0.29, 0.717) is 18.9 Å². The van der Waals surface area contributed by atoms with E-state index < -0.39 is 4.92 Å². The number of nitro groups is 1. The van der Waals surface area contributed by atoms with Gasteiger partial charge in [-0.1, -0.05) is 30.3 Å². The van der Waals surface area contributed by atoms with Crippen LogP contribution in [0.3, 0.4) is 0 Å². The summed E-state index contributed by atoms with van der Waals surface area (Å²) < 4.78 is 5.32. The van der Waals surface area contributed by atoms with Crippen LogP contribution >= 0.6 is 0 Å². The molecule has 0 saturated carbocycles. The Morgan fingerprint density at radius 3 is 2.48 bits per heavy atom. The largest absolute Gasteiger partial charge is 0.378 e. The van der Waals surface area contributed by atoms with E-state index in [0.717, 1.165) is 24.5 Å². The molecule has 2 heterocycles. The van der Waals surface area contributed by atoms with E-state index in [1.807, 2.05) is 30.3 Å². The molecule has 21 heavy (non-hydrogen) atoms. The molecule has 6 nitrogen and oxygen atoms in total. The van der Waals surface area contributed by atoms with Crippen LogP contribution in [0.5, 0.6) is 0 Å². The first-order valence-electron chi connectivity index (χ1n) is 6.79. The molecule has 0 bridgehead atoms. The molecule has 0 unspecified atom stereocenters. The first-order valence-corrected chi connectivity index (χ1v) is 6.79. The Bertz CT molecular complexity index is 640. The van der Waals surface area contributed by atoms with Gasteiger partial charge in [0, 0.05) is 24.7 Å². The lowest BCUT2D eigenvalue weighted by Crippen LogP contribution is -2.36. The number of ether oxygens (including phenoxy) is 1. The molecule has 108 valence electrons. The van der Waals surface area contributed by atoms with Gasteiger partial charge in [0.05, 0.1) is 18.1 Å². The van der Waals surface area contributed by atoms with Gasteiger partial charge in [-0.2, -0.15) is 0 Å². The van der Waals surface area contributed by atoms with Crippen molar-refractivity contribution in [1.29, 1.82) is 0 Å². The predicted octanol–water partition coefficient (Wildman–Crippen LogP) is 2.49. The average Bonchev–Trinajstić information content (AvgIpc) is 2.56. The molecule has 0 aliphatic carbocycles. The maximum absolute atomic E-state index is 11.2. The minimum absolute atomic E-state index is 0.0261. The molecule has 0 radical (unpaired) electrons. The van der Waals surface area contributed by atoms with E-state index in [1.165, 1.54) is 6.07 Å². The zero-order valence-corrected chi connectivity index (χ0v) is 11.4. The van der Waals surface area contributed by atoms with Crippen LogP contribution in [0.2, 0.25) is 0 Å². The zero-order valence-electron chi connectivity index (χ0n) is 11.4. The minimum atomic E-state index is -0.390. The zero-order chi connectivity index (χ0) is 14.7. The number of pyridine rings is 1. The van der Waals surface area contributed by atoms with E-state index in [4.69, 9.17) is 4.74 Å². The molecule has 0 atom stereocenters. The fraction of sp³-hybridized carbons (Fsp3) is 0.267. The highest BCUT2D eigenvalue weighted by molar-refractivity contribution is 5.71. The van der Waals surface area contributed by atoms with Crippen molar-refractivity contribution >= 4 is 11.5 Å². The minimum Gasteiger partial charge on any atom is -0.378 e. The lowest BCUT2D eigenvalue weighted by atomic mass is 10.1. The monoisotopic (exact) mass is 285 g/mol. The van der Waals surface area contributed by atoms with Crippen molar-refractivity contribution in [2.45, 2.75) is 0 Å². The Morgan fingerprint density at radius 1 is 1.10 bits per heavy atom. The third-order valence-electron chi connectivity index (χ3n) is 3.44. The molecule has 1 aromatic heterocycles. The maximum atomic E-state index is 11.2. The standard InChI is InChI=1S/C15H15N3O3/c19-18(20)13-6-7-14(17-8-10-21-11-9-17)16-15(13)12-4-2-1-3-5-12/h1-7H,8-11H2. The summed E-state index contributed by atoms with van der Waals surface area (Å²) >= 11 is 0. The van der Waals surface area contributed by atoms with Crippen LogP contribution in [0.4, 0.5) is 11.5 Å². The molecule has 3 rings (SSSR count). The normalized spacial score (nSPS) is 15.0. The number of hydrogen-bond acceptors (Lipinski definition) is 5. The number of hydrogen-bond donors (Lipinski definition) is 0. The van der Waals surface area contributed by atoms with Crippen molar-refractivity contribution in [2.75, 3.05) is 31.2 Å². The molecule has 1 aliphatic heterocycles. The molecule has 0 N–H and O–H groups in total. The fourth-order valence-electron chi connectivity index (χ4n) is 2.37. The Labute approximate surface area is 122 Å². The van der Waals surface area contributed by atoms with E-state index >= 15 is 0 Å². The Kier molecular flexibility index (Phi) is 3.79. The number of rotatable bonds is 3. The summed E-state index contributed by atoms with van der Waals surface area (Å²) in [7, 11) is 0. The SMILES string of the molecule is O=[N+]([O-])c1ccc(N2CCOCC2)nc1-c1ccccc1. The highest BCUT2D eigenvalue weighted by Gasteiger charge is 2.20. The topological polar surface area (TPSA) is 68.5 Å². The van der Waals surface area contributed by atoms with Crippen LogP contribution in [0.15, 0.2) is 42.5 Å². The van der Waals surface area contributed by atoms with Gasteiger partial charge in [-0.05, 0) is 6.07 Å². The van der Waals surface area contributed by atoms with Gasteiger partial charge >= 0.3 is 0 Å². The second-order valence-electron chi connectivity index (χ2n) is 4.76. The van der Waals surface area contributed by atoms with Gasteiger partial charge in [-0.3, -0.25) is 10.1 Å². The number of anilines is 1. The van der Waals surface area contributed by atoms with Crippen LogP contribution in [-0.4, -0.2) is 36.2 Å². The summed E-state index contributed by atoms with van der Waals surface area (Å²) in [5.74, 6) is 0.753. The van der Waals surface area contributed by atoms with E-state index in [1.54, 1.807) is 6.07 Å². The molecular weight excluding hydrogens is 270 g/mol. The van der Waals surface area contributed by atoms with Gasteiger partial charge < -0.3 is 9.64 Å². The van der Waals surface area contributed by atoms with Crippen molar-refractivity contribution < 1.29 is 9.66 Å². The van der Waals surface area contributed by atoms with Crippen LogP contribution in [-0.2, 0) is 4.74 Å². The van der Waals surface area contributed by atoms with Crippen molar-refractivity contribution in [3.8, 4) is 11.3 Å². The summed E-state index contributed by atoms with van der Waals surface area (Å²) in [4.78, 5) is 17.4. The Hall–Kier alpha value is -2.47. The van der Waals surface area contributed by atoms with Crippen molar-refractivity contribution in [3.63, 3.8) is 0 Å². The molecule has 1 aromatic carbocycles. The van der Waals surface area contributed by atoms with E-state index in [9.17, 15) is 10.1 Å². The van der Waals surface area contributed by atoms with Gasteiger partial charge in [0.1, 0.15) is 5.82 Å². The molecule has 1 fully saturated rings. The molecule has 6 heteroatoms. The lowest BCUT2D eigenvalue weighted by Gasteiger charge is -2.28. The number of aromatic nitrogens is 1. The first-order chi connectivity index (χ1) is 10.3. The Balaban J connectivity index is 2.04. The van der Waals surface area contributed by atoms with Crippen LogP contribution in [0.1, 0.15) is 0 Å². The van der Waals surface area contributed by atoms with E-state index in [-0.39, 0.29) is 5.69 Å². The van der Waals surface area contributed by atoms with Crippen LogP contribution in [0.25, 0.3) is 11.3 Å². The summed E-state index contributed by atoms with van der Waals surface area (Å²) in [6.07, 6.45) is 0. The quantitative estimate of drug-likeness (QED) is 0.640. The second kappa shape index (κ2) is 5.88. The van der Waals surface area contributed by atoms with Crippen molar-refractivity contribution in [1.82, 2.24) is 4.98 Å². The molecule has 1 aliphatic rings. The van der Waals surface area contributed by atoms with E-state index in [2.05, 4.69) is 9.88 Å². The summed E-state index contributed by atoms with van der Waals surface area (Å²) in [5.41, 5.74) is 1.18. The van der Waals surface area contributed by atoms with Gasteiger partial charge in [0.25, 0.3) is 5.69 Å². The highest BCUT2D eigenvalue weighted by atomic mass is 16.6. The first kappa shape index (κ1) is 13.5. The van der Waals surface area contributed by atoms with Gasteiger partial charge in [0.15, 0.2) is 5.69 Å². The molecule has 0 spiro atoms. The van der Waals surface area contributed by atoms with Crippen molar-refractivity contribution in [2.24, 2.45) is 0 Å². The predicted molar refractivity (Wildman–Crippen MR) is 79.4 cm³/mol. The molecule has 0 amide bonds.